The van der Waals surface area contributed by atoms with Crippen molar-refractivity contribution in [1.29, 1.82) is 0 Å². The highest BCUT2D eigenvalue weighted by Crippen LogP contribution is 2.20. The van der Waals surface area contributed by atoms with Crippen molar-refractivity contribution in [3.05, 3.63) is 35.9 Å². The summed E-state index contributed by atoms with van der Waals surface area (Å²) in [4.78, 5) is 14.3. The summed E-state index contributed by atoms with van der Waals surface area (Å²) in [6.07, 6.45) is 0.696. The summed E-state index contributed by atoms with van der Waals surface area (Å²) < 4.78 is 5.69. The Morgan fingerprint density at radius 1 is 1.35 bits per heavy atom. The van der Waals surface area contributed by atoms with Gasteiger partial charge in [0.05, 0.1) is 13.2 Å². The van der Waals surface area contributed by atoms with Gasteiger partial charge in [-0.25, -0.2) is 0 Å². The summed E-state index contributed by atoms with van der Waals surface area (Å²) >= 11 is 0. The molecule has 0 radical (unpaired) electrons. The molecule has 0 spiro atoms. The van der Waals surface area contributed by atoms with E-state index in [-0.39, 0.29) is 11.9 Å². The van der Waals surface area contributed by atoms with Crippen molar-refractivity contribution >= 4 is 5.78 Å². The summed E-state index contributed by atoms with van der Waals surface area (Å²) in [5.74, 6) is 0.169. The molecular weight excluding hydrogens is 214 g/mol. The van der Waals surface area contributed by atoms with Gasteiger partial charge in [-0.3, -0.25) is 9.69 Å². The lowest BCUT2D eigenvalue weighted by molar-refractivity contribution is -0.128. The van der Waals surface area contributed by atoms with Gasteiger partial charge in [-0.15, -0.1) is 0 Å². The van der Waals surface area contributed by atoms with Gasteiger partial charge in [0.1, 0.15) is 6.10 Å². The van der Waals surface area contributed by atoms with E-state index in [1.54, 1.807) is 0 Å². The Kier molecular flexibility index (Phi) is 4.29. The quantitative estimate of drug-likeness (QED) is 0.800. The van der Waals surface area contributed by atoms with E-state index in [4.69, 9.17) is 4.74 Å². The van der Waals surface area contributed by atoms with Crippen LogP contribution in [0.1, 0.15) is 25.0 Å². The molecule has 0 saturated carbocycles. The molecule has 0 amide bonds. The minimum atomic E-state index is -0.377. The van der Waals surface area contributed by atoms with Crippen molar-refractivity contribution in [2.45, 2.75) is 19.4 Å². The fraction of sp³-hybridized carbons (Fsp3) is 0.500. The number of Topliss-reactive ketones (excluding diaryl/α,β-unsaturated/α-hetero) is 1. The third-order valence-electron chi connectivity index (χ3n) is 3.01. The van der Waals surface area contributed by atoms with E-state index in [9.17, 15) is 4.79 Å². The van der Waals surface area contributed by atoms with Crippen LogP contribution in [-0.4, -0.2) is 36.9 Å². The number of hydrogen-bond acceptors (Lipinski definition) is 3. The zero-order valence-corrected chi connectivity index (χ0v) is 10.3. The molecule has 1 heterocycles. The first-order valence-electron chi connectivity index (χ1n) is 6.23. The Bertz CT molecular complexity index is 364. The second-order valence-electron chi connectivity index (χ2n) is 4.40. The zero-order chi connectivity index (χ0) is 12.1. The minimum absolute atomic E-state index is 0.169. The second kappa shape index (κ2) is 5.94. The molecule has 0 bridgehead atoms. The molecule has 92 valence electrons. The molecule has 0 aromatic heterocycles. The maximum absolute atomic E-state index is 12.1. The van der Waals surface area contributed by atoms with E-state index < -0.39 is 0 Å². The number of hydrogen-bond donors (Lipinski definition) is 0. The standard InChI is InChI=1S/C14H19NO2/c1-2-8-15-9-10-17-14(13(16)11-15)12-6-4-3-5-7-12/h3-7,14H,2,8-11H2,1H3. The van der Waals surface area contributed by atoms with Crippen LogP contribution in [-0.2, 0) is 9.53 Å². The summed E-state index contributed by atoms with van der Waals surface area (Å²) in [5.41, 5.74) is 0.968. The highest BCUT2D eigenvalue weighted by molar-refractivity contribution is 5.86. The van der Waals surface area contributed by atoms with Crippen LogP contribution in [0.5, 0.6) is 0 Å². The van der Waals surface area contributed by atoms with Crippen LogP contribution in [0, 0.1) is 0 Å². The maximum atomic E-state index is 12.1. The average Bonchev–Trinajstić information content (AvgIpc) is 2.52. The van der Waals surface area contributed by atoms with E-state index in [1.807, 2.05) is 30.3 Å². The highest BCUT2D eigenvalue weighted by Gasteiger charge is 2.26. The second-order valence-corrected chi connectivity index (χ2v) is 4.40. The van der Waals surface area contributed by atoms with E-state index >= 15 is 0 Å². The molecule has 2 rings (SSSR count). The SMILES string of the molecule is CCCN1CCOC(c2ccccc2)C(=O)C1. The number of carbonyl (C=O) groups is 1. The lowest BCUT2D eigenvalue weighted by Gasteiger charge is -2.17. The van der Waals surface area contributed by atoms with Gasteiger partial charge in [0.15, 0.2) is 5.78 Å². The number of benzene rings is 1. The lowest BCUT2D eigenvalue weighted by atomic mass is 10.1. The summed E-state index contributed by atoms with van der Waals surface area (Å²) in [6, 6.07) is 9.76. The van der Waals surface area contributed by atoms with E-state index in [0.29, 0.717) is 13.2 Å². The van der Waals surface area contributed by atoms with Gasteiger partial charge in [0.2, 0.25) is 0 Å². The van der Waals surface area contributed by atoms with Crippen LogP contribution in [0.4, 0.5) is 0 Å². The van der Waals surface area contributed by atoms with Gasteiger partial charge >= 0.3 is 0 Å². The number of rotatable bonds is 3. The third kappa shape index (κ3) is 3.14. The Hall–Kier alpha value is -1.19. The maximum Gasteiger partial charge on any atom is 0.180 e. The molecular formula is C14H19NO2. The average molecular weight is 233 g/mol. The Balaban J connectivity index is 2.07. The smallest absolute Gasteiger partial charge is 0.180 e. The molecule has 1 atom stereocenters. The fourth-order valence-electron chi connectivity index (χ4n) is 2.19. The monoisotopic (exact) mass is 233 g/mol. The van der Waals surface area contributed by atoms with Crippen LogP contribution >= 0.6 is 0 Å². The molecule has 1 aliphatic rings. The first kappa shape index (κ1) is 12.3. The molecule has 1 aromatic carbocycles. The molecule has 3 heteroatoms. The molecule has 1 unspecified atom stereocenters. The molecule has 0 N–H and O–H groups in total. The van der Waals surface area contributed by atoms with Gasteiger partial charge in [-0.05, 0) is 18.5 Å². The fourth-order valence-corrected chi connectivity index (χ4v) is 2.19. The Labute approximate surface area is 102 Å². The van der Waals surface area contributed by atoms with Crippen LogP contribution in [0.3, 0.4) is 0 Å². The van der Waals surface area contributed by atoms with Gasteiger partial charge in [0, 0.05) is 6.54 Å². The van der Waals surface area contributed by atoms with Crippen molar-refractivity contribution in [1.82, 2.24) is 4.90 Å². The third-order valence-corrected chi connectivity index (χ3v) is 3.01. The molecule has 0 aliphatic carbocycles. The van der Waals surface area contributed by atoms with Crippen molar-refractivity contribution < 1.29 is 9.53 Å². The van der Waals surface area contributed by atoms with Crippen LogP contribution in [0.25, 0.3) is 0 Å². The molecule has 17 heavy (non-hydrogen) atoms. The van der Waals surface area contributed by atoms with Crippen LogP contribution < -0.4 is 0 Å². The molecule has 1 fully saturated rings. The number of ketones is 1. The molecule has 1 saturated heterocycles. The Morgan fingerprint density at radius 2 is 2.12 bits per heavy atom. The van der Waals surface area contributed by atoms with Gasteiger partial charge < -0.3 is 4.74 Å². The summed E-state index contributed by atoms with van der Waals surface area (Å²) in [7, 11) is 0. The Morgan fingerprint density at radius 3 is 2.82 bits per heavy atom. The largest absolute Gasteiger partial charge is 0.364 e. The van der Waals surface area contributed by atoms with Crippen LogP contribution in [0.15, 0.2) is 30.3 Å². The minimum Gasteiger partial charge on any atom is -0.364 e. The van der Waals surface area contributed by atoms with Crippen LogP contribution in [0.2, 0.25) is 0 Å². The topological polar surface area (TPSA) is 29.5 Å². The predicted octanol–water partition coefficient (Wildman–Crippen LogP) is 2.04. The van der Waals surface area contributed by atoms with Crippen molar-refractivity contribution in [3.8, 4) is 0 Å². The lowest BCUT2D eigenvalue weighted by Crippen LogP contribution is -2.31. The van der Waals surface area contributed by atoms with Gasteiger partial charge in [-0.2, -0.15) is 0 Å². The zero-order valence-electron chi connectivity index (χ0n) is 10.3. The van der Waals surface area contributed by atoms with Crippen molar-refractivity contribution in [3.63, 3.8) is 0 Å². The van der Waals surface area contributed by atoms with Gasteiger partial charge in [-0.1, -0.05) is 37.3 Å². The van der Waals surface area contributed by atoms with Gasteiger partial charge in [0.25, 0.3) is 0 Å². The van der Waals surface area contributed by atoms with E-state index in [0.717, 1.165) is 25.1 Å². The summed E-state index contributed by atoms with van der Waals surface area (Å²) in [6.45, 7) is 5.09. The van der Waals surface area contributed by atoms with Crippen molar-refractivity contribution in [2.24, 2.45) is 0 Å². The normalized spacial score (nSPS) is 22.4. The summed E-state index contributed by atoms with van der Waals surface area (Å²) in [5, 5.41) is 0. The number of carbonyl (C=O) groups excluding carboxylic acids is 1. The number of ether oxygens (including phenoxy) is 1. The van der Waals surface area contributed by atoms with E-state index in [2.05, 4.69) is 11.8 Å². The molecule has 3 nitrogen and oxygen atoms in total. The predicted molar refractivity (Wildman–Crippen MR) is 66.9 cm³/mol. The molecule has 1 aromatic rings. The molecule has 1 aliphatic heterocycles. The van der Waals surface area contributed by atoms with Crippen molar-refractivity contribution in [2.75, 3.05) is 26.2 Å². The first-order chi connectivity index (χ1) is 8.31. The van der Waals surface area contributed by atoms with E-state index in [1.165, 1.54) is 0 Å². The highest BCUT2D eigenvalue weighted by atomic mass is 16.5. The first-order valence-corrected chi connectivity index (χ1v) is 6.23. The number of nitrogens with zero attached hydrogens (tertiary/aromatic N) is 1.